The Kier molecular flexibility index (Phi) is 2.91. The van der Waals surface area contributed by atoms with Crippen LogP contribution in [0.2, 0.25) is 0 Å². The van der Waals surface area contributed by atoms with E-state index in [0.717, 1.165) is 11.0 Å². The summed E-state index contributed by atoms with van der Waals surface area (Å²) in [7, 11) is 0. The van der Waals surface area contributed by atoms with Crippen LogP contribution in [-0.2, 0) is 0 Å². The molecular weight excluding hydrogens is 312 g/mol. The number of rotatable bonds is 1. The Hall–Kier alpha value is -2.78. The van der Waals surface area contributed by atoms with E-state index in [1.165, 1.54) is 36.9 Å². The van der Waals surface area contributed by atoms with Crippen molar-refractivity contribution in [1.29, 1.82) is 0 Å². The third-order valence-electron chi connectivity index (χ3n) is 4.51. The lowest BCUT2D eigenvalue weighted by atomic mass is 9.96. The molecule has 3 aromatic carbocycles. The summed E-state index contributed by atoms with van der Waals surface area (Å²) in [6.45, 7) is 2.12. The molecule has 0 spiro atoms. The van der Waals surface area contributed by atoms with E-state index in [9.17, 15) is 0 Å². The molecule has 2 nitrogen and oxygen atoms in total. The molecule has 2 aromatic heterocycles. The summed E-state index contributed by atoms with van der Waals surface area (Å²) in [5, 5.41) is 5.11. The average molecular weight is 326 g/mol. The Morgan fingerprint density at radius 2 is 1.42 bits per heavy atom. The molecule has 0 radical (unpaired) electrons. The van der Waals surface area contributed by atoms with Crippen molar-refractivity contribution >= 4 is 43.9 Å². The van der Waals surface area contributed by atoms with Crippen molar-refractivity contribution in [3.63, 3.8) is 0 Å². The van der Waals surface area contributed by atoms with Gasteiger partial charge >= 0.3 is 0 Å². The summed E-state index contributed by atoms with van der Waals surface area (Å²) in [4.78, 5) is 11.5. The number of fused-ring (bicyclic) bond motifs is 4. The van der Waals surface area contributed by atoms with E-state index in [1.807, 2.05) is 0 Å². The lowest BCUT2D eigenvalue weighted by Crippen LogP contribution is -1.84. The molecule has 0 aliphatic rings. The van der Waals surface area contributed by atoms with Crippen LogP contribution in [-0.4, -0.2) is 9.97 Å². The van der Waals surface area contributed by atoms with Gasteiger partial charge in [-0.2, -0.15) is 0 Å². The van der Waals surface area contributed by atoms with Gasteiger partial charge in [0.1, 0.15) is 11.0 Å². The maximum atomic E-state index is 4.61. The monoisotopic (exact) mass is 326 g/mol. The van der Waals surface area contributed by atoms with E-state index in [4.69, 9.17) is 0 Å². The molecule has 0 amide bonds. The Labute approximate surface area is 143 Å². The topological polar surface area (TPSA) is 25.8 Å². The number of aromatic nitrogens is 2. The first-order valence-corrected chi connectivity index (χ1v) is 8.75. The van der Waals surface area contributed by atoms with Gasteiger partial charge in [-0.25, -0.2) is 0 Å². The van der Waals surface area contributed by atoms with Gasteiger partial charge in [0.2, 0.25) is 0 Å². The fourth-order valence-corrected chi connectivity index (χ4v) is 4.51. The zero-order valence-electron chi connectivity index (χ0n) is 13.2. The second kappa shape index (κ2) is 5.11. The molecule has 0 N–H and O–H groups in total. The predicted octanol–water partition coefficient (Wildman–Crippen LogP) is 5.97. The molecule has 114 valence electrons. The number of hydrogen-bond acceptors (Lipinski definition) is 3. The van der Waals surface area contributed by atoms with Crippen molar-refractivity contribution in [2.75, 3.05) is 0 Å². The quantitative estimate of drug-likeness (QED) is 0.354. The Morgan fingerprint density at radius 3 is 2.25 bits per heavy atom. The second-order valence-corrected chi connectivity index (χ2v) is 7.16. The first-order chi connectivity index (χ1) is 11.8. The highest BCUT2D eigenvalue weighted by atomic mass is 32.1. The highest BCUT2D eigenvalue weighted by Crippen LogP contribution is 2.41. The smallest absolute Gasteiger partial charge is 0.108 e. The first kappa shape index (κ1) is 13.6. The van der Waals surface area contributed by atoms with Crippen molar-refractivity contribution in [3.8, 4) is 10.4 Å². The summed E-state index contributed by atoms with van der Waals surface area (Å²) in [5.74, 6) is 0. The average Bonchev–Trinajstić information content (AvgIpc) is 2.98. The zero-order chi connectivity index (χ0) is 16.1. The van der Waals surface area contributed by atoms with E-state index in [-0.39, 0.29) is 0 Å². The Balaban J connectivity index is 1.98. The minimum atomic E-state index is 1.00. The fourth-order valence-electron chi connectivity index (χ4n) is 3.44. The van der Waals surface area contributed by atoms with Crippen LogP contribution in [0.25, 0.3) is 43.0 Å². The molecular formula is C21H14N2S. The van der Waals surface area contributed by atoms with Gasteiger partial charge < -0.3 is 0 Å². The van der Waals surface area contributed by atoms with Crippen molar-refractivity contribution in [1.82, 2.24) is 9.97 Å². The minimum Gasteiger partial charge on any atom is -0.252 e. The standard InChI is InChI=1S/C21H14N2S/c1-13-19-20(23-11-10-22-19)21(24-13)18-12-14-6-2-3-7-15(14)16-8-4-5-9-17(16)18/h2-12H,1H3. The molecule has 0 saturated carbocycles. The molecule has 3 heteroatoms. The van der Waals surface area contributed by atoms with Gasteiger partial charge in [0.05, 0.1) is 4.88 Å². The van der Waals surface area contributed by atoms with Gasteiger partial charge in [0.25, 0.3) is 0 Å². The van der Waals surface area contributed by atoms with E-state index >= 15 is 0 Å². The number of aryl methyl sites for hydroxylation is 1. The maximum Gasteiger partial charge on any atom is 0.108 e. The fraction of sp³-hybridized carbons (Fsp3) is 0.0476. The number of hydrogen-bond donors (Lipinski definition) is 0. The summed E-state index contributed by atoms with van der Waals surface area (Å²) in [6, 6.07) is 19.5. The van der Waals surface area contributed by atoms with Gasteiger partial charge in [-0.1, -0.05) is 48.5 Å². The molecule has 0 aliphatic heterocycles. The van der Waals surface area contributed by atoms with E-state index in [1.54, 1.807) is 23.7 Å². The third-order valence-corrected chi connectivity index (χ3v) is 5.63. The normalized spacial score (nSPS) is 11.5. The molecule has 0 atom stereocenters. The van der Waals surface area contributed by atoms with Gasteiger partial charge in [0, 0.05) is 22.8 Å². The van der Waals surface area contributed by atoms with Gasteiger partial charge in [-0.3, -0.25) is 9.97 Å². The third kappa shape index (κ3) is 1.88. The number of nitrogens with zero attached hydrogens (tertiary/aromatic N) is 2. The molecule has 0 aliphatic carbocycles. The van der Waals surface area contributed by atoms with Crippen LogP contribution in [0.1, 0.15) is 4.88 Å². The van der Waals surface area contributed by atoms with E-state index < -0.39 is 0 Å². The first-order valence-electron chi connectivity index (χ1n) is 7.94. The van der Waals surface area contributed by atoms with E-state index in [2.05, 4.69) is 71.5 Å². The zero-order valence-corrected chi connectivity index (χ0v) is 14.0. The highest BCUT2D eigenvalue weighted by Gasteiger charge is 2.16. The van der Waals surface area contributed by atoms with Gasteiger partial charge in [-0.05, 0) is 34.5 Å². The number of thiophene rings is 1. The van der Waals surface area contributed by atoms with Crippen molar-refractivity contribution in [2.24, 2.45) is 0 Å². The van der Waals surface area contributed by atoms with Gasteiger partial charge in [-0.15, -0.1) is 11.3 Å². The summed E-state index contributed by atoms with van der Waals surface area (Å²) in [6.07, 6.45) is 3.55. The van der Waals surface area contributed by atoms with Crippen LogP contribution < -0.4 is 0 Å². The summed E-state index contributed by atoms with van der Waals surface area (Å²) in [5.41, 5.74) is 3.25. The summed E-state index contributed by atoms with van der Waals surface area (Å²) < 4.78 is 0. The molecule has 24 heavy (non-hydrogen) atoms. The molecule has 0 saturated heterocycles. The van der Waals surface area contributed by atoms with E-state index in [0.29, 0.717) is 0 Å². The Bertz CT molecular complexity index is 1220. The van der Waals surface area contributed by atoms with Crippen LogP contribution in [0, 0.1) is 6.92 Å². The highest BCUT2D eigenvalue weighted by molar-refractivity contribution is 7.17. The van der Waals surface area contributed by atoms with Crippen LogP contribution in [0.4, 0.5) is 0 Å². The van der Waals surface area contributed by atoms with Crippen molar-refractivity contribution < 1.29 is 0 Å². The van der Waals surface area contributed by atoms with Crippen LogP contribution >= 0.6 is 11.3 Å². The number of benzene rings is 3. The maximum absolute atomic E-state index is 4.61. The Morgan fingerprint density at radius 1 is 0.750 bits per heavy atom. The minimum absolute atomic E-state index is 1.00. The van der Waals surface area contributed by atoms with Crippen LogP contribution in [0.5, 0.6) is 0 Å². The SMILES string of the molecule is Cc1sc(-c2cc3ccccc3c3ccccc23)c2nccnc12. The molecule has 0 unspecified atom stereocenters. The van der Waals surface area contributed by atoms with Crippen LogP contribution in [0.3, 0.4) is 0 Å². The van der Waals surface area contributed by atoms with Gasteiger partial charge in [0.15, 0.2) is 0 Å². The molecule has 0 bridgehead atoms. The molecule has 0 fully saturated rings. The molecule has 5 aromatic rings. The predicted molar refractivity (Wildman–Crippen MR) is 103 cm³/mol. The van der Waals surface area contributed by atoms with Crippen LogP contribution in [0.15, 0.2) is 67.0 Å². The van der Waals surface area contributed by atoms with Crippen molar-refractivity contribution in [2.45, 2.75) is 6.92 Å². The van der Waals surface area contributed by atoms with Crippen molar-refractivity contribution in [3.05, 3.63) is 71.9 Å². The largest absolute Gasteiger partial charge is 0.252 e. The molecule has 2 heterocycles. The second-order valence-electron chi connectivity index (χ2n) is 5.93. The lowest BCUT2D eigenvalue weighted by Gasteiger charge is -2.09. The lowest BCUT2D eigenvalue weighted by molar-refractivity contribution is 1.30. The summed E-state index contributed by atoms with van der Waals surface area (Å²) >= 11 is 1.78. The molecule has 5 rings (SSSR count).